The Labute approximate surface area is 115 Å². The summed E-state index contributed by atoms with van der Waals surface area (Å²) in [6, 6.07) is 3.36. The Morgan fingerprint density at radius 2 is 2.26 bits per heavy atom. The SMILES string of the molecule is COc1ccc(N2CC(CS(=O)(=O)Cl)CC2=O)nc1. The summed E-state index contributed by atoms with van der Waals surface area (Å²) >= 11 is 0. The zero-order valence-electron chi connectivity index (χ0n) is 10.2. The summed E-state index contributed by atoms with van der Waals surface area (Å²) in [6.07, 6.45) is 1.67. The zero-order valence-corrected chi connectivity index (χ0v) is 11.8. The first-order valence-electron chi connectivity index (χ1n) is 5.62. The lowest BCUT2D eigenvalue weighted by Crippen LogP contribution is -2.26. The zero-order chi connectivity index (χ0) is 14.0. The van der Waals surface area contributed by atoms with Gasteiger partial charge in [0.2, 0.25) is 15.0 Å². The molecule has 0 N–H and O–H groups in total. The fourth-order valence-corrected chi connectivity index (χ4v) is 3.37. The van der Waals surface area contributed by atoms with Gasteiger partial charge in [0.1, 0.15) is 11.6 Å². The molecule has 0 aliphatic carbocycles. The van der Waals surface area contributed by atoms with Crippen LogP contribution in [-0.4, -0.2) is 38.7 Å². The predicted octanol–water partition coefficient (Wildman–Crippen LogP) is 1.01. The van der Waals surface area contributed by atoms with E-state index >= 15 is 0 Å². The molecule has 1 fully saturated rings. The van der Waals surface area contributed by atoms with Crippen molar-refractivity contribution >= 4 is 31.5 Å². The maximum Gasteiger partial charge on any atom is 0.232 e. The summed E-state index contributed by atoms with van der Waals surface area (Å²) < 4.78 is 27.0. The van der Waals surface area contributed by atoms with Crippen LogP contribution in [0, 0.1) is 5.92 Å². The minimum Gasteiger partial charge on any atom is -0.495 e. The number of methoxy groups -OCH3 is 1. The van der Waals surface area contributed by atoms with E-state index in [1.807, 2.05) is 0 Å². The predicted molar refractivity (Wildman–Crippen MR) is 70.9 cm³/mol. The number of nitrogens with zero attached hydrogens (tertiary/aromatic N) is 2. The fourth-order valence-electron chi connectivity index (χ4n) is 2.05. The van der Waals surface area contributed by atoms with E-state index in [0.29, 0.717) is 18.1 Å². The van der Waals surface area contributed by atoms with Crippen molar-refractivity contribution in [3.05, 3.63) is 18.3 Å². The van der Waals surface area contributed by atoms with Crippen LogP contribution in [-0.2, 0) is 13.8 Å². The quantitative estimate of drug-likeness (QED) is 0.776. The van der Waals surface area contributed by atoms with Gasteiger partial charge in [-0.1, -0.05) is 0 Å². The minimum atomic E-state index is -3.59. The number of ether oxygens (including phenoxy) is 1. The molecule has 1 atom stereocenters. The molecular formula is C11H13ClN2O4S. The van der Waals surface area contributed by atoms with Crippen molar-refractivity contribution in [1.29, 1.82) is 0 Å². The molecule has 1 aromatic rings. The summed E-state index contributed by atoms with van der Waals surface area (Å²) in [4.78, 5) is 17.4. The molecule has 0 saturated carbocycles. The highest BCUT2D eigenvalue weighted by Crippen LogP contribution is 2.26. The Balaban J connectivity index is 2.11. The Kier molecular flexibility index (Phi) is 3.96. The average molecular weight is 305 g/mol. The lowest BCUT2D eigenvalue weighted by molar-refractivity contribution is -0.117. The van der Waals surface area contributed by atoms with Crippen molar-refractivity contribution < 1.29 is 17.9 Å². The van der Waals surface area contributed by atoms with E-state index in [-0.39, 0.29) is 24.0 Å². The first-order valence-corrected chi connectivity index (χ1v) is 8.09. The largest absolute Gasteiger partial charge is 0.495 e. The molecule has 1 saturated heterocycles. The van der Waals surface area contributed by atoms with Crippen molar-refractivity contribution in [2.75, 3.05) is 24.3 Å². The molecular weight excluding hydrogens is 292 g/mol. The van der Waals surface area contributed by atoms with Crippen LogP contribution in [0.15, 0.2) is 18.3 Å². The van der Waals surface area contributed by atoms with Gasteiger partial charge in [0, 0.05) is 29.6 Å². The standard InChI is InChI=1S/C11H13ClN2O4S/c1-18-9-2-3-10(13-5-9)14-6-8(4-11(14)15)7-19(12,16)17/h2-3,5,8H,4,6-7H2,1H3. The second-order valence-electron chi connectivity index (χ2n) is 4.34. The number of aromatic nitrogens is 1. The maximum absolute atomic E-state index is 11.8. The van der Waals surface area contributed by atoms with Crippen LogP contribution in [0.5, 0.6) is 5.75 Å². The molecule has 1 aliphatic rings. The van der Waals surface area contributed by atoms with Crippen LogP contribution in [0.2, 0.25) is 0 Å². The number of hydrogen-bond donors (Lipinski definition) is 0. The average Bonchev–Trinajstić information content (AvgIpc) is 2.68. The van der Waals surface area contributed by atoms with Gasteiger partial charge in [-0.15, -0.1) is 0 Å². The van der Waals surface area contributed by atoms with E-state index in [9.17, 15) is 13.2 Å². The highest BCUT2D eigenvalue weighted by atomic mass is 35.7. The van der Waals surface area contributed by atoms with Gasteiger partial charge in [0.25, 0.3) is 0 Å². The van der Waals surface area contributed by atoms with E-state index in [1.54, 1.807) is 12.1 Å². The molecule has 1 aliphatic heterocycles. The number of pyridine rings is 1. The molecule has 0 radical (unpaired) electrons. The van der Waals surface area contributed by atoms with Crippen molar-refractivity contribution in [3.8, 4) is 5.75 Å². The smallest absolute Gasteiger partial charge is 0.232 e. The van der Waals surface area contributed by atoms with Gasteiger partial charge in [-0.3, -0.25) is 9.69 Å². The fraction of sp³-hybridized carbons (Fsp3) is 0.455. The highest BCUT2D eigenvalue weighted by Gasteiger charge is 2.33. The van der Waals surface area contributed by atoms with Gasteiger partial charge in [0.05, 0.1) is 19.1 Å². The number of anilines is 1. The first kappa shape index (κ1) is 14.1. The second kappa shape index (κ2) is 5.34. The Morgan fingerprint density at radius 3 is 2.79 bits per heavy atom. The third-order valence-corrected chi connectivity index (χ3v) is 4.12. The molecule has 2 heterocycles. The number of carbonyl (C=O) groups is 1. The van der Waals surface area contributed by atoms with Crippen molar-refractivity contribution in [2.24, 2.45) is 5.92 Å². The summed E-state index contributed by atoms with van der Waals surface area (Å²) in [6.45, 7) is 0.310. The summed E-state index contributed by atoms with van der Waals surface area (Å²) in [5.74, 6) is 0.435. The van der Waals surface area contributed by atoms with Crippen LogP contribution < -0.4 is 9.64 Å². The summed E-state index contributed by atoms with van der Waals surface area (Å²) in [7, 11) is 3.14. The van der Waals surface area contributed by atoms with Gasteiger partial charge in [-0.25, -0.2) is 13.4 Å². The molecule has 0 spiro atoms. The first-order chi connectivity index (χ1) is 8.89. The van der Waals surface area contributed by atoms with E-state index in [2.05, 4.69) is 4.98 Å². The molecule has 6 nitrogen and oxygen atoms in total. The number of amides is 1. The monoisotopic (exact) mass is 304 g/mol. The van der Waals surface area contributed by atoms with Crippen LogP contribution >= 0.6 is 10.7 Å². The van der Waals surface area contributed by atoms with E-state index in [4.69, 9.17) is 15.4 Å². The van der Waals surface area contributed by atoms with Crippen molar-refractivity contribution in [3.63, 3.8) is 0 Å². The molecule has 19 heavy (non-hydrogen) atoms. The van der Waals surface area contributed by atoms with Gasteiger partial charge in [-0.05, 0) is 12.1 Å². The maximum atomic E-state index is 11.8. The molecule has 0 bridgehead atoms. The van der Waals surface area contributed by atoms with Crippen molar-refractivity contribution in [1.82, 2.24) is 4.98 Å². The summed E-state index contributed by atoms with van der Waals surface area (Å²) in [5, 5.41) is 0. The Morgan fingerprint density at radius 1 is 1.53 bits per heavy atom. The van der Waals surface area contributed by atoms with Gasteiger partial charge in [-0.2, -0.15) is 0 Å². The second-order valence-corrected chi connectivity index (χ2v) is 7.16. The number of rotatable bonds is 4. The number of carbonyl (C=O) groups excluding carboxylic acids is 1. The lowest BCUT2D eigenvalue weighted by atomic mass is 10.1. The van der Waals surface area contributed by atoms with Crippen LogP contribution in [0.25, 0.3) is 0 Å². The van der Waals surface area contributed by atoms with Crippen LogP contribution in [0.1, 0.15) is 6.42 Å². The third-order valence-electron chi connectivity index (χ3n) is 2.87. The topological polar surface area (TPSA) is 76.6 Å². The lowest BCUT2D eigenvalue weighted by Gasteiger charge is -2.15. The Hall–Kier alpha value is -1.34. The highest BCUT2D eigenvalue weighted by molar-refractivity contribution is 8.13. The molecule has 1 aromatic heterocycles. The summed E-state index contributed by atoms with van der Waals surface area (Å²) in [5.41, 5.74) is 0. The normalized spacial score (nSPS) is 19.8. The minimum absolute atomic E-state index is 0.150. The number of halogens is 1. The molecule has 2 rings (SSSR count). The third kappa shape index (κ3) is 3.57. The van der Waals surface area contributed by atoms with Crippen LogP contribution in [0.3, 0.4) is 0 Å². The van der Waals surface area contributed by atoms with E-state index in [0.717, 1.165) is 0 Å². The van der Waals surface area contributed by atoms with Crippen LogP contribution in [0.4, 0.5) is 5.82 Å². The van der Waals surface area contributed by atoms with E-state index < -0.39 is 9.05 Å². The number of hydrogen-bond acceptors (Lipinski definition) is 5. The van der Waals surface area contributed by atoms with E-state index in [1.165, 1.54) is 18.2 Å². The molecule has 1 unspecified atom stereocenters. The van der Waals surface area contributed by atoms with Crippen molar-refractivity contribution in [2.45, 2.75) is 6.42 Å². The van der Waals surface area contributed by atoms with Gasteiger partial charge < -0.3 is 4.74 Å². The Bertz CT molecular complexity index is 573. The molecule has 8 heteroatoms. The van der Waals surface area contributed by atoms with Gasteiger partial charge >= 0.3 is 0 Å². The van der Waals surface area contributed by atoms with Gasteiger partial charge in [0.15, 0.2) is 0 Å². The molecule has 104 valence electrons. The molecule has 1 amide bonds. The molecule has 0 aromatic carbocycles.